The normalized spacial score (nSPS) is 31.6. The van der Waals surface area contributed by atoms with E-state index in [0.717, 1.165) is 0 Å². The Hall–Kier alpha value is -1.94. The molecule has 1 aliphatic heterocycles. The second-order valence-electron chi connectivity index (χ2n) is 5.02. The number of nitrogens with one attached hydrogen (secondary N) is 1. The molecule has 1 aromatic rings. The topological polar surface area (TPSA) is 134 Å². The molecule has 1 aliphatic rings. The van der Waals surface area contributed by atoms with Crippen molar-refractivity contribution in [2.75, 3.05) is 12.4 Å². The van der Waals surface area contributed by atoms with Gasteiger partial charge in [0, 0.05) is 0 Å². The van der Waals surface area contributed by atoms with Crippen molar-refractivity contribution in [3.63, 3.8) is 0 Å². The summed E-state index contributed by atoms with van der Waals surface area (Å²) in [6.45, 7) is 1.52. The molecule has 0 amide bonds. The van der Waals surface area contributed by atoms with Gasteiger partial charge < -0.3 is 30.1 Å². The number of nitrogens with zero attached hydrogens (tertiary/aromatic N) is 1. The summed E-state index contributed by atoms with van der Waals surface area (Å²) >= 11 is 0. The molecular weight excluding hydrogens is 296 g/mol. The molecule has 5 atom stereocenters. The summed E-state index contributed by atoms with van der Waals surface area (Å²) in [6, 6.07) is 4.15. The van der Waals surface area contributed by atoms with E-state index in [4.69, 9.17) is 9.47 Å². The fraction of sp³-hybridized carbons (Fsp3) is 0.538. The van der Waals surface area contributed by atoms with Crippen molar-refractivity contribution >= 4 is 11.4 Å². The van der Waals surface area contributed by atoms with Crippen LogP contribution in [0.3, 0.4) is 0 Å². The molecule has 22 heavy (non-hydrogen) atoms. The van der Waals surface area contributed by atoms with E-state index in [9.17, 15) is 25.4 Å². The number of aliphatic hydroxyl groups is 3. The molecule has 0 aromatic heterocycles. The Bertz CT molecular complexity index is 553. The van der Waals surface area contributed by atoms with E-state index < -0.39 is 35.6 Å². The molecule has 1 aromatic carbocycles. The minimum absolute atomic E-state index is 0.102. The highest BCUT2D eigenvalue weighted by atomic mass is 16.6. The molecule has 1 fully saturated rings. The fourth-order valence-electron chi connectivity index (χ4n) is 2.24. The van der Waals surface area contributed by atoms with Gasteiger partial charge in [-0.25, -0.2) is 0 Å². The Morgan fingerprint density at radius 1 is 1.27 bits per heavy atom. The van der Waals surface area contributed by atoms with Crippen LogP contribution in [0, 0.1) is 10.1 Å². The average molecular weight is 314 g/mol. The standard InChI is InChI=1S/C13H18N2O7/c1-6-10(16)11(17)12(18)13(22-6)14-8-4-3-7(21-2)5-9(8)15(19)20/h3-6,10-14,16-18H,1-2H3/t6-,10+,11-,12+,13-/m1/s1. The Balaban J connectivity index is 2.24. The van der Waals surface area contributed by atoms with Crippen molar-refractivity contribution in [2.24, 2.45) is 0 Å². The maximum absolute atomic E-state index is 11.1. The monoisotopic (exact) mass is 314 g/mol. The van der Waals surface area contributed by atoms with Crippen LogP contribution < -0.4 is 10.1 Å². The molecule has 4 N–H and O–H groups in total. The van der Waals surface area contributed by atoms with Crippen molar-refractivity contribution in [1.29, 1.82) is 0 Å². The number of nitro groups is 1. The van der Waals surface area contributed by atoms with Gasteiger partial charge in [0.2, 0.25) is 0 Å². The maximum Gasteiger partial charge on any atom is 0.296 e. The van der Waals surface area contributed by atoms with E-state index >= 15 is 0 Å². The highest BCUT2D eigenvalue weighted by molar-refractivity contribution is 5.64. The van der Waals surface area contributed by atoms with E-state index in [-0.39, 0.29) is 11.4 Å². The van der Waals surface area contributed by atoms with E-state index in [1.807, 2.05) is 0 Å². The van der Waals surface area contributed by atoms with Gasteiger partial charge in [-0.15, -0.1) is 0 Å². The predicted molar refractivity (Wildman–Crippen MR) is 75.6 cm³/mol. The van der Waals surface area contributed by atoms with Gasteiger partial charge in [-0.05, 0) is 19.1 Å². The van der Waals surface area contributed by atoms with Gasteiger partial charge in [-0.2, -0.15) is 0 Å². The summed E-state index contributed by atoms with van der Waals surface area (Å²) in [5.41, 5.74) is -0.158. The maximum atomic E-state index is 11.1. The van der Waals surface area contributed by atoms with Crippen molar-refractivity contribution in [3.8, 4) is 5.75 Å². The van der Waals surface area contributed by atoms with Gasteiger partial charge >= 0.3 is 0 Å². The van der Waals surface area contributed by atoms with Crippen LogP contribution in [0.15, 0.2) is 18.2 Å². The predicted octanol–water partition coefficient (Wildman–Crippen LogP) is -0.157. The fourth-order valence-corrected chi connectivity index (χ4v) is 2.24. The molecule has 9 nitrogen and oxygen atoms in total. The number of aliphatic hydroxyl groups excluding tert-OH is 3. The van der Waals surface area contributed by atoms with E-state index in [1.54, 1.807) is 0 Å². The van der Waals surface area contributed by atoms with Crippen molar-refractivity contribution in [3.05, 3.63) is 28.3 Å². The van der Waals surface area contributed by atoms with Crippen LogP contribution in [-0.4, -0.2) is 58.0 Å². The number of ether oxygens (including phenoxy) is 2. The van der Waals surface area contributed by atoms with Gasteiger partial charge in [0.15, 0.2) is 6.23 Å². The second-order valence-corrected chi connectivity index (χ2v) is 5.02. The van der Waals surface area contributed by atoms with Gasteiger partial charge in [0.05, 0.1) is 24.2 Å². The third-order valence-corrected chi connectivity index (χ3v) is 3.55. The van der Waals surface area contributed by atoms with Crippen LogP contribution in [0.5, 0.6) is 5.75 Å². The number of nitro benzene ring substituents is 1. The van der Waals surface area contributed by atoms with Gasteiger partial charge in [-0.3, -0.25) is 10.1 Å². The quantitative estimate of drug-likeness (QED) is 0.445. The zero-order chi connectivity index (χ0) is 16.4. The second kappa shape index (κ2) is 6.44. The van der Waals surface area contributed by atoms with Crippen LogP contribution in [-0.2, 0) is 4.74 Å². The first kappa shape index (κ1) is 16.4. The average Bonchev–Trinajstić information content (AvgIpc) is 2.50. The first-order valence-corrected chi connectivity index (χ1v) is 6.63. The summed E-state index contributed by atoms with van der Waals surface area (Å²) in [5, 5.41) is 43.1. The molecule has 0 bridgehead atoms. The summed E-state index contributed by atoms with van der Waals surface area (Å²) in [6.07, 6.45) is -5.93. The Labute approximate surface area is 126 Å². The zero-order valence-electron chi connectivity index (χ0n) is 12.0. The minimum Gasteiger partial charge on any atom is -0.496 e. The van der Waals surface area contributed by atoms with Crippen LogP contribution >= 0.6 is 0 Å². The van der Waals surface area contributed by atoms with Crippen LogP contribution in [0.1, 0.15) is 6.92 Å². The van der Waals surface area contributed by atoms with Crippen molar-refractivity contribution < 1.29 is 29.7 Å². The number of hydrogen-bond donors (Lipinski definition) is 4. The van der Waals surface area contributed by atoms with Gasteiger partial charge in [0.25, 0.3) is 5.69 Å². The highest BCUT2D eigenvalue weighted by Crippen LogP contribution is 2.31. The summed E-state index contributed by atoms with van der Waals surface area (Å²) < 4.78 is 10.3. The van der Waals surface area contributed by atoms with E-state index in [1.165, 1.54) is 32.2 Å². The molecule has 122 valence electrons. The Kier molecular flexibility index (Phi) is 4.81. The van der Waals surface area contributed by atoms with Crippen LogP contribution in [0.4, 0.5) is 11.4 Å². The van der Waals surface area contributed by atoms with Gasteiger partial charge in [0.1, 0.15) is 29.7 Å². The van der Waals surface area contributed by atoms with E-state index in [2.05, 4.69) is 5.32 Å². The summed E-state index contributed by atoms with van der Waals surface area (Å²) in [5.74, 6) is 0.311. The largest absolute Gasteiger partial charge is 0.496 e. The third-order valence-electron chi connectivity index (χ3n) is 3.55. The lowest BCUT2D eigenvalue weighted by molar-refractivity contribution is -0.384. The number of methoxy groups -OCH3 is 1. The lowest BCUT2D eigenvalue weighted by Gasteiger charge is -2.39. The summed E-state index contributed by atoms with van der Waals surface area (Å²) in [7, 11) is 1.39. The minimum atomic E-state index is -1.44. The van der Waals surface area contributed by atoms with E-state index in [0.29, 0.717) is 5.75 Å². The zero-order valence-corrected chi connectivity index (χ0v) is 12.0. The Morgan fingerprint density at radius 2 is 1.95 bits per heavy atom. The molecule has 0 saturated carbocycles. The smallest absolute Gasteiger partial charge is 0.296 e. The highest BCUT2D eigenvalue weighted by Gasteiger charge is 2.42. The molecule has 0 radical (unpaired) electrons. The molecular formula is C13H18N2O7. The molecule has 9 heteroatoms. The summed E-state index contributed by atoms with van der Waals surface area (Å²) in [4.78, 5) is 10.5. The lowest BCUT2D eigenvalue weighted by atomic mass is 9.99. The molecule has 0 aliphatic carbocycles. The Morgan fingerprint density at radius 3 is 2.55 bits per heavy atom. The number of benzene rings is 1. The lowest BCUT2D eigenvalue weighted by Crippen LogP contribution is -2.58. The van der Waals surface area contributed by atoms with Crippen LogP contribution in [0.25, 0.3) is 0 Å². The first-order chi connectivity index (χ1) is 10.3. The van der Waals surface area contributed by atoms with Gasteiger partial charge in [-0.1, -0.05) is 0 Å². The molecule has 0 unspecified atom stereocenters. The van der Waals surface area contributed by atoms with Crippen LogP contribution in [0.2, 0.25) is 0 Å². The number of rotatable bonds is 4. The first-order valence-electron chi connectivity index (χ1n) is 6.63. The number of hydrogen-bond acceptors (Lipinski definition) is 8. The molecule has 1 saturated heterocycles. The molecule has 2 rings (SSSR count). The molecule has 1 heterocycles. The third kappa shape index (κ3) is 3.12. The molecule has 0 spiro atoms. The SMILES string of the molecule is COc1ccc(N[C@@H]2O[C@H](C)[C@H](O)[C@@H](O)[C@@H]2O)c([N+](=O)[O-])c1. The van der Waals surface area contributed by atoms with Crippen molar-refractivity contribution in [1.82, 2.24) is 0 Å². The number of anilines is 1. The van der Waals surface area contributed by atoms with Crippen molar-refractivity contribution in [2.45, 2.75) is 37.6 Å².